The van der Waals surface area contributed by atoms with Crippen LogP contribution in [-0.2, 0) is 4.79 Å². The lowest BCUT2D eigenvalue weighted by Crippen LogP contribution is -2.47. The van der Waals surface area contributed by atoms with Gasteiger partial charge in [-0.2, -0.15) is 0 Å². The van der Waals surface area contributed by atoms with Crippen molar-refractivity contribution in [2.75, 3.05) is 25.0 Å². The Balaban J connectivity index is 2.13. The molecule has 0 saturated carbocycles. The standard InChI is InChI=1S/C13H15ClN2O/c1-16-12-3-2-8(14)6-10(12)11-7-15-5-4-9(11)13(16)17/h2-3,6,9,11,15H,4-5,7H2,1H3. The minimum atomic E-state index is 0.118. The molecule has 2 aliphatic rings. The van der Waals surface area contributed by atoms with Crippen molar-refractivity contribution in [3.8, 4) is 0 Å². The maximum absolute atomic E-state index is 12.3. The largest absolute Gasteiger partial charge is 0.316 e. The van der Waals surface area contributed by atoms with E-state index in [0.29, 0.717) is 0 Å². The van der Waals surface area contributed by atoms with E-state index in [1.165, 1.54) is 5.56 Å². The summed E-state index contributed by atoms with van der Waals surface area (Å²) in [7, 11) is 1.85. The van der Waals surface area contributed by atoms with E-state index < -0.39 is 0 Å². The third-order valence-corrected chi connectivity index (χ3v) is 4.12. The first-order chi connectivity index (χ1) is 8.18. The minimum absolute atomic E-state index is 0.118. The van der Waals surface area contributed by atoms with Crippen molar-refractivity contribution < 1.29 is 4.79 Å². The molecule has 1 aromatic carbocycles. The molecule has 0 bridgehead atoms. The summed E-state index contributed by atoms with van der Waals surface area (Å²) >= 11 is 6.07. The molecule has 2 unspecified atom stereocenters. The molecule has 1 N–H and O–H groups in total. The molecule has 1 saturated heterocycles. The molecule has 0 aliphatic carbocycles. The first-order valence-electron chi connectivity index (χ1n) is 5.96. The summed E-state index contributed by atoms with van der Waals surface area (Å²) in [4.78, 5) is 14.0. The zero-order chi connectivity index (χ0) is 12.0. The monoisotopic (exact) mass is 250 g/mol. The molecule has 90 valence electrons. The number of hydrogen-bond acceptors (Lipinski definition) is 2. The number of anilines is 1. The van der Waals surface area contributed by atoms with Crippen LogP contribution in [0.4, 0.5) is 5.69 Å². The first-order valence-corrected chi connectivity index (χ1v) is 6.34. The van der Waals surface area contributed by atoms with Crippen LogP contribution in [0, 0.1) is 5.92 Å². The van der Waals surface area contributed by atoms with Crippen LogP contribution in [0.5, 0.6) is 0 Å². The predicted molar refractivity (Wildman–Crippen MR) is 68.6 cm³/mol. The van der Waals surface area contributed by atoms with Crippen LogP contribution in [0.3, 0.4) is 0 Å². The molecule has 3 nitrogen and oxygen atoms in total. The number of piperidine rings is 1. The number of carbonyl (C=O) groups excluding carboxylic acids is 1. The fourth-order valence-electron chi connectivity index (χ4n) is 2.98. The predicted octanol–water partition coefficient (Wildman–Crippen LogP) is 2.01. The van der Waals surface area contributed by atoms with Gasteiger partial charge < -0.3 is 10.2 Å². The highest BCUT2D eigenvalue weighted by molar-refractivity contribution is 6.30. The van der Waals surface area contributed by atoms with Gasteiger partial charge in [-0.25, -0.2) is 0 Å². The maximum Gasteiger partial charge on any atom is 0.230 e. The molecule has 3 rings (SSSR count). The molecular weight excluding hydrogens is 236 g/mol. The lowest BCUT2D eigenvalue weighted by atomic mass is 9.77. The Morgan fingerprint density at radius 3 is 3.06 bits per heavy atom. The van der Waals surface area contributed by atoms with Crippen LogP contribution in [0.1, 0.15) is 17.9 Å². The SMILES string of the molecule is CN1C(=O)C2CCNCC2c2cc(Cl)ccc21. The highest BCUT2D eigenvalue weighted by Gasteiger charge is 2.39. The molecule has 0 radical (unpaired) electrons. The van der Waals surface area contributed by atoms with Crippen LogP contribution in [0.15, 0.2) is 18.2 Å². The minimum Gasteiger partial charge on any atom is -0.316 e. The van der Waals surface area contributed by atoms with Gasteiger partial charge in [0.1, 0.15) is 0 Å². The van der Waals surface area contributed by atoms with Crippen molar-refractivity contribution in [3.63, 3.8) is 0 Å². The van der Waals surface area contributed by atoms with Crippen molar-refractivity contribution in [1.82, 2.24) is 5.32 Å². The number of hydrogen-bond donors (Lipinski definition) is 1. The van der Waals surface area contributed by atoms with Gasteiger partial charge in [-0.1, -0.05) is 11.6 Å². The highest BCUT2D eigenvalue weighted by atomic mass is 35.5. The number of rotatable bonds is 0. The third kappa shape index (κ3) is 1.65. The van der Waals surface area contributed by atoms with E-state index in [1.807, 2.05) is 25.2 Å². The topological polar surface area (TPSA) is 32.3 Å². The number of fused-ring (bicyclic) bond motifs is 3. The molecule has 1 aromatic rings. The molecular formula is C13H15ClN2O. The molecule has 2 heterocycles. The van der Waals surface area contributed by atoms with E-state index in [0.717, 1.165) is 30.2 Å². The number of carbonyl (C=O) groups is 1. The molecule has 1 amide bonds. The average molecular weight is 251 g/mol. The Bertz CT molecular complexity index is 474. The van der Waals surface area contributed by atoms with E-state index in [9.17, 15) is 4.79 Å². The lowest BCUT2D eigenvalue weighted by molar-refractivity contribution is -0.123. The second kappa shape index (κ2) is 4.00. The average Bonchev–Trinajstić information content (AvgIpc) is 2.36. The molecule has 1 fully saturated rings. The van der Waals surface area contributed by atoms with E-state index >= 15 is 0 Å². The Kier molecular flexibility index (Phi) is 2.60. The third-order valence-electron chi connectivity index (χ3n) is 3.88. The summed E-state index contributed by atoms with van der Waals surface area (Å²) < 4.78 is 0. The van der Waals surface area contributed by atoms with Crippen LogP contribution >= 0.6 is 11.6 Å². The van der Waals surface area contributed by atoms with Gasteiger partial charge in [-0.15, -0.1) is 0 Å². The highest BCUT2D eigenvalue weighted by Crippen LogP contribution is 2.42. The maximum atomic E-state index is 12.3. The van der Waals surface area contributed by atoms with E-state index in [2.05, 4.69) is 5.32 Å². The molecule has 0 spiro atoms. The molecule has 2 aliphatic heterocycles. The number of nitrogens with zero attached hydrogens (tertiary/aromatic N) is 1. The van der Waals surface area contributed by atoms with Crippen molar-refractivity contribution in [1.29, 1.82) is 0 Å². The molecule has 4 heteroatoms. The van der Waals surface area contributed by atoms with Crippen LogP contribution in [-0.4, -0.2) is 26.0 Å². The first kappa shape index (κ1) is 11.1. The van der Waals surface area contributed by atoms with Crippen LogP contribution < -0.4 is 10.2 Å². The second-order valence-electron chi connectivity index (χ2n) is 4.81. The molecule has 2 atom stereocenters. The van der Waals surface area contributed by atoms with Crippen LogP contribution in [0.2, 0.25) is 5.02 Å². The summed E-state index contributed by atoms with van der Waals surface area (Å²) in [6.45, 7) is 1.80. The van der Waals surface area contributed by atoms with E-state index in [-0.39, 0.29) is 17.7 Å². The number of halogens is 1. The smallest absolute Gasteiger partial charge is 0.230 e. The second-order valence-corrected chi connectivity index (χ2v) is 5.24. The summed E-state index contributed by atoms with van der Waals surface area (Å²) in [5.74, 6) is 0.639. The van der Waals surface area contributed by atoms with Gasteiger partial charge in [0.05, 0.1) is 0 Å². The van der Waals surface area contributed by atoms with Gasteiger partial charge in [-0.05, 0) is 36.7 Å². The van der Waals surface area contributed by atoms with Crippen LogP contribution in [0.25, 0.3) is 0 Å². The summed E-state index contributed by atoms with van der Waals surface area (Å²) in [6.07, 6.45) is 0.916. The Hall–Kier alpha value is -1.06. The van der Waals surface area contributed by atoms with Crippen molar-refractivity contribution in [2.45, 2.75) is 12.3 Å². The van der Waals surface area contributed by atoms with Gasteiger partial charge in [0.15, 0.2) is 0 Å². The quantitative estimate of drug-likeness (QED) is 0.764. The number of amides is 1. The van der Waals surface area contributed by atoms with Gasteiger partial charge >= 0.3 is 0 Å². The van der Waals surface area contributed by atoms with E-state index in [4.69, 9.17) is 11.6 Å². The van der Waals surface area contributed by atoms with Crippen molar-refractivity contribution in [3.05, 3.63) is 28.8 Å². The van der Waals surface area contributed by atoms with Crippen molar-refractivity contribution in [2.24, 2.45) is 5.92 Å². The molecule has 17 heavy (non-hydrogen) atoms. The zero-order valence-corrected chi connectivity index (χ0v) is 10.5. The summed E-state index contributed by atoms with van der Waals surface area (Å²) in [6, 6.07) is 5.80. The summed E-state index contributed by atoms with van der Waals surface area (Å²) in [5, 5.41) is 4.11. The summed E-state index contributed by atoms with van der Waals surface area (Å²) in [5.41, 5.74) is 2.21. The van der Waals surface area contributed by atoms with Gasteiger partial charge in [0.25, 0.3) is 0 Å². The fraction of sp³-hybridized carbons (Fsp3) is 0.462. The zero-order valence-electron chi connectivity index (χ0n) is 9.74. The lowest BCUT2D eigenvalue weighted by Gasteiger charge is -2.40. The Labute approximate surface area is 106 Å². The molecule has 0 aromatic heterocycles. The van der Waals surface area contributed by atoms with Crippen molar-refractivity contribution >= 4 is 23.2 Å². The van der Waals surface area contributed by atoms with E-state index in [1.54, 1.807) is 4.90 Å². The van der Waals surface area contributed by atoms with Gasteiger partial charge in [-0.3, -0.25) is 4.79 Å². The van der Waals surface area contributed by atoms with Gasteiger partial charge in [0, 0.05) is 36.1 Å². The fourth-order valence-corrected chi connectivity index (χ4v) is 3.16. The Morgan fingerprint density at radius 1 is 1.41 bits per heavy atom. The number of benzene rings is 1. The number of nitrogens with one attached hydrogen (secondary N) is 1. The van der Waals surface area contributed by atoms with Gasteiger partial charge in [0.2, 0.25) is 5.91 Å². The Morgan fingerprint density at radius 2 is 2.24 bits per heavy atom. The normalized spacial score (nSPS) is 27.6.